The van der Waals surface area contributed by atoms with Gasteiger partial charge in [-0.3, -0.25) is 4.79 Å². The maximum atomic E-state index is 12.9. The van der Waals surface area contributed by atoms with Crippen molar-refractivity contribution in [1.82, 2.24) is 9.62 Å². The lowest BCUT2D eigenvalue weighted by atomic mass is 9.98. The minimum atomic E-state index is -3.70. The van der Waals surface area contributed by atoms with Crippen molar-refractivity contribution >= 4 is 27.5 Å². The van der Waals surface area contributed by atoms with E-state index in [2.05, 4.69) is 12.2 Å². The number of carbonyl (C=O) groups is 1. The van der Waals surface area contributed by atoms with Gasteiger partial charge in [-0.25, -0.2) is 8.42 Å². The van der Waals surface area contributed by atoms with Gasteiger partial charge in [-0.2, -0.15) is 4.31 Å². The number of sulfonamides is 1. The van der Waals surface area contributed by atoms with Crippen LogP contribution in [0.15, 0.2) is 23.1 Å². The standard InChI is InChI=1S/C18H27ClN2O4S/c1-4-6-13(2)20-18(22)14-7-5-10-21(12-14)26(23,24)15-8-9-17(25-3)16(19)11-15/h8-9,11,13-14H,4-7,10,12H2,1-3H3,(H,20,22)/t13-,14-/m1/s1. The van der Waals surface area contributed by atoms with Crippen LogP contribution >= 0.6 is 11.6 Å². The van der Waals surface area contributed by atoms with Crippen molar-refractivity contribution < 1.29 is 17.9 Å². The van der Waals surface area contributed by atoms with Crippen molar-refractivity contribution in [2.75, 3.05) is 20.2 Å². The van der Waals surface area contributed by atoms with E-state index >= 15 is 0 Å². The molecule has 0 aliphatic carbocycles. The fourth-order valence-corrected chi connectivity index (χ4v) is 5.07. The van der Waals surface area contributed by atoms with E-state index in [1.54, 1.807) is 0 Å². The van der Waals surface area contributed by atoms with Crippen LogP contribution in [0.4, 0.5) is 0 Å². The topological polar surface area (TPSA) is 75.7 Å². The van der Waals surface area contributed by atoms with Gasteiger partial charge in [0.25, 0.3) is 0 Å². The average Bonchev–Trinajstić information content (AvgIpc) is 2.61. The van der Waals surface area contributed by atoms with Gasteiger partial charge >= 0.3 is 0 Å². The molecule has 0 radical (unpaired) electrons. The second-order valence-electron chi connectivity index (χ2n) is 6.70. The Morgan fingerprint density at radius 3 is 2.81 bits per heavy atom. The second kappa shape index (κ2) is 9.06. The Bertz CT molecular complexity index is 739. The zero-order valence-electron chi connectivity index (χ0n) is 15.5. The van der Waals surface area contributed by atoms with Crippen LogP contribution in [0, 0.1) is 5.92 Å². The van der Waals surface area contributed by atoms with Crippen molar-refractivity contribution in [1.29, 1.82) is 0 Å². The molecule has 1 aliphatic heterocycles. The normalized spacial score (nSPS) is 19.8. The lowest BCUT2D eigenvalue weighted by Gasteiger charge is -2.32. The summed E-state index contributed by atoms with van der Waals surface area (Å²) in [5, 5.41) is 3.23. The van der Waals surface area contributed by atoms with E-state index in [-0.39, 0.29) is 34.3 Å². The zero-order valence-corrected chi connectivity index (χ0v) is 17.1. The van der Waals surface area contributed by atoms with Gasteiger partial charge < -0.3 is 10.1 Å². The molecule has 1 aliphatic rings. The van der Waals surface area contributed by atoms with Crippen molar-refractivity contribution in [3.63, 3.8) is 0 Å². The summed E-state index contributed by atoms with van der Waals surface area (Å²) in [5.41, 5.74) is 0. The Morgan fingerprint density at radius 1 is 1.46 bits per heavy atom. The molecule has 1 heterocycles. The molecule has 1 fully saturated rings. The van der Waals surface area contributed by atoms with E-state index < -0.39 is 10.0 Å². The molecule has 26 heavy (non-hydrogen) atoms. The molecular formula is C18H27ClN2O4S. The van der Waals surface area contributed by atoms with Gasteiger partial charge in [-0.1, -0.05) is 24.9 Å². The molecule has 0 unspecified atom stereocenters. The number of carbonyl (C=O) groups excluding carboxylic acids is 1. The SMILES string of the molecule is CCC[C@@H](C)NC(=O)[C@@H]1CCCN(S(=O)(=O)c2ccc(OC)c(Cl)c2)C1. The number of nitrogens with zero attached hydrogens (tertiary/aromatic N) is 1. The fraction of sp³-hybridized carbons (Fsp3) is 0.611. The maximum Gasteiger partial charge on any atom is 0.243 e. The monoisotopic (exact) mass is 402 g/mol. The number of halogens is 1. The third-order valence-corrected chi connectivity index (χ3v) is 6.78. The Balaban J connectivity index is 2.12. The van der Waals surface area contributed by atoms with Crippen LogP contribution in [0.25, 0.3) is 0 Å². The largest absolute Gasteiger partial charge is 0.495 e. The zero-order chi connectivity index (χ0) is 19.3. The molecule has 0 spiro atoms. The predicted molar refractivity (Wildman–Crippen MR) is 102 cm³/mol. The minimum Gasteiger partial charge on any atom is -0.495 e. The lowest BCUT2D eigenvalue weighted by Crippen LogP contribution is -2.47. The highest BCUT2D eigenvalue weighted by Crippen LogP contribution is 2.30. The first-order valence-corrected chi connectivity index (χ1v) is 10.8. The summed E-state index contributed by atoms with van der Waals surface area (Å²) in [5.74, 6) is 0.0246. The van der Waals surface area contributed by atoms with Gasteiger partial charge in [0.15, 0.2) is 0 Å². The molecule has 0 bridgehead atoms. The first kappa shape index (κ1) is 21.0. The highest BCUT2D eigenvalue weighted by Gasteiger charge is 2.33. The van der Waals surface area contributed by atoms with E-state index in [0.717, 1.165) is 12.8 Å². The molecule has 6 nitrogen and oxygen atoms in total. The predicted octanol–water partition coefficient (Wildman–Crippen LogP) is 3.05. The molecule has 1 aromatic carbocycles. The first-order valence-electron chi connectivity index (χ1n) is 8.93. The summed E-state index contributed by atoms with van der Waals surface area (Å²) in [7, 11) is -2.23. The number of nitrogens with one attached hydrogen (secondary N) is 1. The number of amides is 1. The average molecular weight is 403 g/mol. The van der Waals surface area contributed by atoms with Crippen molar-refractivity contribution in [3.8, 4) is 5.75 Å². The van der Waals surface area contributed by atoms with E-state index in [9.17, 15) is 13.2 Å². The van der Waals surface area contributed by atoms with E-state index in [1.165, 1.54) is 29.6 Å². The maximum absolute atomic E-state index is 12.9. The summed E-state index contributed by atoms with van der Waals surface area (Å²) in [6.07, 6.45) is 3.25. The summed E-state index contributed by atoms with van der Waals surface area (Å²) in [6.45, 7) is 4.63. The summed E-state index contributed by atoms with van der Waals surface area (Å²) in [4.78, 5) is 12.6. The molecule has 1 aromatic rings. The van der Waals surface area contributed by atoms with Crippen molar-refractivity contribution in [2.45, 2.75) is 50.5 Å². The Morgan fingerprint density at radius 2 is 2.19 bits per heavy atom. The van der Waals surface area contributed by atoms with Crippen LogP contribution in [0.1, 0.15) is 39.5 Å². The number of hydrogen-bond donors (Lipinski definition) is 1. The molecule has 0 saturated carbocycles. The van der Waals surface area contributed by atoms with E-state index in [0.29, 0.717) is 25.1 Å². The quantitative estimate of drug-likeness (QED) is 0.760. The summed E-state index contributed by atoms with van der Waals surface area (Å²) in [6, 6.07) is 4.51. The van der Waals surface area contributed by atoms with Crippen LogP contribution < -0.4 is 10.1 Å². The molecule has 1 N–H and O–H groups in total. The second-order valence-corrected chi connectivity index (χ2v) is 9.04. The number of methoxy groups -OCH3 is 1. The van der Waals surface area contributed by atoms with Crippen LogP contribution in [0.2, 0.25) is 5.02 Å². The van der Waals surface area contributed by atoms with Crippen LogP contribution in [-0.2, 0) is 14.8 Å². The van der Waals surface area contributed by atoms with E-state index in [4.69, 9.17) is 16.3 Å². The van der Waals surface area contributed by atoms with Gasteiger partial charge in [0.2, 0.25) is 15.9 Å². The minimum absolute atomic E-state index is 0.0707. The first-order chi connectivity index (χ1) is 12.3. The number of rotatable bonds is 7. The van der Waals surface area contributed by atoms with E-state index in [1.807, 2.05) is 6.92 Å². The number of benzene rings is 1. The lowest BCUT2D eigenvalue weighted by molar-refractivity contribution is -0.126. The highest BCUT2D eigenvalue weighted by atomic mass is 35.5. The van der Waals surface area contributed by atoms with Gasteiger partial charge in [0.05, 0.1) is 22.9 Å². The molecule has 0 aromatic heterocycles. The number of ether oxygens (including phenoxy) is 1. The molecular weight excluding hydrogens is 376 g/mol. The summed E-state index contributed by atoms with van der Waals surface area (Å²) >= 11 is 6.07. The van der Waals surface area contributed by atoms with Gasteiger partial charge in [0, 0.05) is 19.1 Å². The van der Waals surface area contributed by atoms with Crippen LogP contribution in [0.5, 0.6) is 5.75 Å². The molecule has 1 saturated heterocycles. The number of hydrogen-bond acceptors (Lipinski definition) is 4. The Hall–Kier alpha value is -1.31. The summed E-state index contributed by atoms with van der Waals surface area (Å²) < 4.78 is 32.3. The Kier molecular flexibility index (Phi) is 7.32. The molecule has 146 valence electrons. The molecule has 8 heteroatoms. The van der Waals surface area contributed by atoms with Gasteiger partial charge in [-0.15, -0.1) is 0 Å². The number of piperidine rings is 1. The highest BCUT2D eigenvalue weighted by molar-refractivity contribution is 7.89. The van der Waals surface area contributed by atoms with Crippen LogP contribution in [0.3, 0.4) is 0 Å². The molecule has 2 rings (SSSR count). The third kappa shape index (κ3) is 4.90. The third-order valence-electron chi connectivity index (χ3n) is 4.63. The fourth-order valence-electron chi connectivity index (χ4n) is 3.20. The smallest absolute Gasteiger partial charge is 0.243 e. The van der Waals surface area contributed by atoms with Crippen molar-refractivity contribution in [3.05, 3.63) is 23.2 Å². The molecule has 1 amide bonds. The molecule has 2 atom stereocenters. The van der Waals surface area contributed by atoms with Crippen LogP contribution in [-0.4, -0.2) is 44.9 Å². The van der Waals surface area contributed by atoms with Gasteiger partial charge in [0.1, 0.15) is 5.75 Å². The van der Waals surface area contributed by atoms with Crippen molar-refractivity contribution in [2.24, 2.45) is 5.92 Å². The van der Waals surface area contributed by atoms with Gasteiger partial charge in [-0.05, 0) is 44.4 Å². The Labute approximate surface area is 160 Å².